The Morgan fingerprint density at radius 3 is 2.16 bits per heavy atom. The van der Waals surface area contributed by atoms with Gasteiger partial charge in [0.1, 0.15) is 29.6 Å². The number of hydrogen-bond acceptors (Lipinski definition) is 5. The zero-order valence-electron chi connectivity index (χ0n) is 14.7. The first-order chi connectivity index (χ1) is 12.1. The summed E-state index contributed by atoms with van der Waals surface area (Å²) < 4.78 is 21.4. The van der Waals surface area contributed by atoms with Crippen molar-refractivity contribution >= 4 is 5.91 Å². The summed E-state index contributed by atoms with van der Waals surface area (Å²) in [5, 5.41) is 2.78. The van der Waals surface area contributed by atoms with Crippen LogP contribution in [0.1, 0.15) is 6.92 Å². The number of carbonyl (C=O) groups is 1. The van der Waals surface area contributed by atoms with Crippen LogP contribution >= 0.6 is 0 Å². The van der Waals surface area contributed by atoms with Crippen LogP contribution in [-0.2, 0) is 4.79 Å². The van der Waals surface area contributed by atoms with E-state index in [1.165, 1.54) is 0 Å². The molecule has 6 nitrogen and oxygen atoms in total. The molecule has 0 aliphatic heterocycles. The summed E-state index contributed by atoms with van der Waals surface area (Å²) in [6, 6.07) is 14.4. The van der Waals surface area contributed by atoms with Crippen LogP contribution in [0.3, 0.4) is 0 Å². The fraction of sp³-hybridized carbons (Fsp3) is 0.316. The highest BCUT2D eigenvalue weighted by Gasteiger charge is 2.14. The largest absolute Gasteiger partial charge is 0.497 e. The Bertz CT molecular complexity index is 689. The number of benzene rings is 2. The Morgan fingerprint density at radius 2 is 1.52 bits per heavy atom. The van der Waals surface area contributed by atoms with Crippen molar-refractivity contribution in [2.24, 2.45) is 0 Å². The molecule has 0 aliphatic carbocycles. The maximum absolute atomic E-state index is 12.1. The zero-order chi connectivity index (χ0) is 18.1. The Labute approximate surface area is 147 Å². The first-order valence-corrected chi connectivity index (χ1v) is 7.97. The number of ether oxygens (including phenoxy) is 4. The van der Waals surface area contributed by atoms with E-state index in [2.05, 4.69) is 5.32 Å². The second-order valence-corrected chi connectivity index (χ2v) is 5.26. The van der Waals surface area contributed by atoms with E-state index in [0.29, 0.717) is 30.4 Å². The summed E-state index contributed by atoms with van der Waals surface area (Å²) in [6.45, 7) is 2.42. The van der Waals surface area contributed by atoms with Crippen LogP contribution in [0.15, 0.2) is 48.5 Å². The Kier molecular flexibility index (Phi) is 6.95. The number of hydrogen-bond donors (Lipinski definition) is 1. The molecule has 1 N–H and O–H groups in total. The van der Waals surface area contributed by atoms with E-state index in [1.54, 1.807) is 45.4 Å². The topological polar surface area (TPSA) is 66.0 Å². The highest BCUT2D eigenvalue weighted by molar-refractivity contribution is 5.80. The molecule has 134 valence electrons. The van der Waals surface area contributed by atoms with Gasteiger partial charge in [-0.1, -0.05) is 12.1 Å². The number of amides is 1. The average molecular weight is 345 g/mol. The van der Waals surface area contributed by atoms with Gasteiger partial charge in [0.15, 0.2) is 6.10 Å². The van der Waals surface area contributed by atoms with Gasteiger partial charge in [0.2, 0.25) is 0 Å². The lowest BCUT2D eigenvalue weighted by molar-refractivity contribution is -0.127. The lowest BCUT2D eigenvalue weighted by Crippen LogP contribution is -2.38. The third-order valence-electron chi connectivity index (χ3n) is 3.43. The first-order valence-electron chi connectivity index (χ1n) is 7.97. The van der Waals surface area contributed by atoms with E-state index in [4.69, 9.17) is 18.9 Å². The molecule has 0 fully saturated rings. The molecule has 1 atom stereocenters. The van der Waals surface area contributed by atoms with Gasteiger partial charge in [-0.25, -0.2) is 0 Å². The fourth-order valence-electron chi connectivity index (χ4n) is 2.11. The van der Waals surface area contributed by atoms with Gasteiger partial charge in [-0.05, 0) is 31.2 Å². The van der Waals surface area contributed by atoms with Crippen LogP contribution in [-0.4, -0.2) is 39.4 Å². The summed E-state index contributed by atoms with van der Waals surface area (Å²) in [4.78, 5) is 12.1. The second-order valence-electron chi connectivity index (χ2n) is 5.26. The second kappa shape index (κ2) is 9.42. The third kappa shape index (κ3) is 5.91. The van der Waals surface area contributed by atoms with E-state index in [9.17, 15) is 4.79 Å². The van der Waals surface area contributed by atoms with Crippen molar-refractivity contribution in [1.82, 2.24) is 5.32 Å². The molecule has 1 amide bonds. The Morgan fingerprint density at radius 1 is 0.960 bits per heavy atom. The lowest BCUT2D eigenvalue weighted by Gasteiger charge is -2.15. The van der Waals surface area contributed by atoms with Gasteiger partial charge >= 0.3 is 0 Å². The van der Waals surface area contributed by atoms with E-state index in [1.807, 2.05) is 24.3 Å². The van der Waals surface area contributed by atoms with Crippen molar-refractivity contribution in [2.75, 3.05) is 27.4 Å². The van der Waals surface area contributed by atoms with Crippen molar-refractivity contribution in [3.8, 4) is 23.0 Å². The number of rotatable bonds is 9. The summed E-state index contributed by atoms with van der Waals surface area (Å²) in [6.07, 6.45) is -0.621. The zero-order valence-corrected chi connectivity index (χ0v) is 14.7. The minimum atomic E-state index is -0.621. The van der Waals surface area contributed by atoms with Crippen LogP contribution in [0.4, 0.5) is 0 Å². The smallest absolute Gasteiger partial charge is 0.260 e. The lowest BCUT2D eigenvalue weighted by atomic mass is 10.3. The highest BCUT2D eigenvalue weighted by Crippen LogP contribution is 2.20. The molecule has 2 aromatic rings. The summed E-state index contributed by atoms with van der Waals surface area (Å²) in [5.74, 6) is 2.46. The van der Waals surface area contributed by atoms with Gasteiger partial charge in [-0.2, -0.15) is 0 Å². The monoisotopic (exact) mass is 345 g/mol. The minimum absolute atomic E-state index is 0.211. The molecule has 0 heterocycles. The molecule has 2 rings (SSSR count). The predicted molar refractivity (Wildman–Crippen MR) is 94.6 cm³/mol. The van der Waals surface area contributed by atoms with Gasteiger partial charge in [-0.3, -0.25) is 4.79 Å². The van der Waals surface area contributed by atoms with Crippen molar-refractivity contribution in [2.45, 2.75) is 13.0 Å². The highest BCUT2D eigenvalue weighted by atomic mass is 16.5. The van der Waals surface area contributed by atoms with E-state index in [-0.39, 0.29) is 5.91 Å². The van der Waals surface area contributed by atoms with Crippen molar-refractivity contribution < 1.29 is 23.7 Å². The van der Waals surface area contributed by atoms with Gasteiger partial charge in [-0.15, -0.1) is 0 Å². The van der Waals surface area contributed by atoms with E-state index >= 15 is 0 Å². The van der Waals surface area contributed by atoms with Crippen LogP contribution < -0.4 is 24.3 Å². The maximum Gasteiger partial charge on any atom is 0.260 e. The molecule has 0 aliphatic rings. The molecule has 25 heavy (non-hydrogen) atoms. The quantitative estimate of drug-likeness (QED) is 0.708. The summed E-state index contributed by atoms with van der Waals surface area (Å²) in [7, 11) is 3.18. The van der Waals surface area contributed by atoms with Gasteiger partial charge in [0, 0.05) is 12.1 Å². The van der Waals surface area contributed by atoms with Crippen LogP contribution in [0.5, 0.6) is 23.0 Å². The van der Waals surface area contributed by atoms with Crippen LogP contribution in [0.25, 0.3) is 0 Å². The third-order valence-corrected chi connectivity index (χ3v) is 3.43. The normalized spacial score (nSPS) is 11.3. The molecule has 1 unspecified atom stereocenters. The first kappa shape index (κ1) is 18.4. The molecule has 0 bridgehead atoms. The minimum Gasteiger partial charge on any atom is -0.497 e. The van der Waals surface area contributed by atoms with Crippen molar-refractivity contribution in [3.63, 3.8) is 0 Å². The predicted octanol–water partition coefficient (Wildman–Crippen LogP) is 2.67. The maximum atomic E-state index is 12.1. The van der Waals surface area contributed by atoms with Crippen LogP contribution in [0, 0.1) is 0 Å². The Hall–Kier alpha value is -2.89. The molecule has 0 saturated carbocycles. The van der Waals surface area contributed by atoms with Gasteiger partial charge in [0.05, 0.1) is 20.8 Å². The van der Waals surface area contributed by atoms with Crippen molar-refractivity contribution in [1.29, 1.82) is 0 Å². The number of carbonyl (C=O) groups excluding carboxylic acids is 1. The summed E-state index contributed by atoms with van der Waals surface area (Å²) >= 11 is 0. The Balaban J connectivity index is 1.73. The van der Waals surface area contributed by atoms with Crippen LogP contribution in [0.2, 0.25) is 0 Å². The molecule has 0 radical (unpaired) electrons. The molecule has 0 saturated heterocycles. The molecular weight excluding hydrogens is 322 g/mol. The standard InChI is InChI=1S/C19H23NO5/c1-14(25-18-9-5-7-16(13-18)23-3)19(21)20-10-11-24-17-8-4-6-15(12-17)22-2/h4-9,12-14H,10-11H2,1-3H3,(H,20,21). The van der Waals surface area contributed by atoms with Gasteiger partial charge in [0.25, 0.3) is 5.91 Å². The number of methoxy groups -OCH3 is 2. The average Bonchev–Trinajstić information content (AvgIpc) is 2.65. The van der Waals surface area contributed by atoms with Gasteiger partial charge < -0.3 is 24.3 Å². The fourth-order valence-corrected chi connectivity index (χ4v) is 2.11. The molecule has 0 aromatic heterocycles. The van der Waals surface area contributed by atoms with E-state index < -0.39 is 6.10 Å². The van der Waals surface area contributed by atoms with E-state index in [0.717, 1.165) is 5.75 Å². The van der Waals surface area contributed by atoms with Crippen molar-refractivity contribution in [3.05, 3.63) is 48.5 Å². The summed E-state index contributed by atoms with van der Waals surface area (Å²) in [5.41, 5.74) is 0. The molecule has 2 aromatic carbocycles. The number of nitrogens with one attached hydrogen (secondary N) is 1. The SMILES string of the molecule is COc1cccc(OCCNC(=O)C(C)Oc2cccc(OC)c2)c1. The molecule has 6 heteroatoms. The molecule has 0 spiro atoms. The molecular formula is C19H23NO5.